The molecular formula is C32H64O4. The molecule has 0 aromatic heterocycles. The van der Waals surface area contributed by atoms with Gasteiger partial charge in [-0.2, -0.15) is 0 Å². The van der Waals surface area contributed by atoms with Crippen molar-refractivity contribution < 1.29 is 19.7 Å². The molecule has 2 unspecified atom stereocenters. The summed E-state index contributed by atoms with van der Waals surface area (Å²) in [4.78, 5) is 11.9. The van der Waals surface area contributed by atoms with Gasteiger partial charge < -0.3 is 14.9 Å². The van der Waals surface area contributed by atoms with Gasteiger partial charge in [-0.25, -0.2) is 0 Å². The lowest BCUT2D eigenvalue weighted by atomic mass is 10.0. The van der Waals surface area contributed by atoms with Gasteiger partial charge in [-0.15, -0.1) is 0 Å². The number of aliphatic hydroxyl groups excluding tert-OH is 2. The van der Waals surface area contributed by atoms with E-state index in [4.69, 9.17) is 4.74 Å². The van der Waals surface area contributed by atoms with Crippen LogP contribution in [0, 0.1) is 0 Å². The normalized spacial score (nSPS) is 13.1. The average Bonchev–Trinajstić information content (AvgIpc) is 2.85. The van der Waals surface area contributed by atoms with Crippen LogP contribution < -0.4 is 0 Å². The maximum absolute atomic E-state index is 11.9. The van der Waals surface area contributed by atoms with Crippen molar-refractivity contribution in [3.05, 3.63) is 0 Å². The molecule has 0 bridgehead atoms. The van der Waals surface area contributed by atoms with Crippen molar-refractivity contribution in [1.82, 2.24) is 0 Å². The summed E-state index contributed by atoms with van der Waals surface area (Å²) in [5, 5.41) is 19.8. The highest BCUT2D eigenvalue weighted by Gasteiger charge is 2.11. The molecule has 0 aliphatic heterocycles. The van der Waals surface area contributed by atoms with E-state index >= 15 is 0 Å². The van der Waals surface area contributed by atoms with Gasteiger partial charge in [-0.05, 0) is 25.7 Å². The minimum absolute atomic E-state index is 0.127. The largest absolute Gasteiger partial charge is 0.466 e. The molecule has 0 aliphatic rings. The second-order valence-electron chi connectivity index (χ2n) is 11.2. The van der Waals surface area contributed by atoms with Crippen molar-refractivity contribution in [1.29, 1.82) is 0 Å². The Morgan fingerprint density at radius 2 is 0.889 bits per heavy atom. The standard InChI is InChI=1S/C32H64O4/c1-3-5-6-7-8-9-10-11-12-13-14-15-16-17-21-24-28-36-32(35)29-31(34)27-23-20-18-19-22-26-30(33)25-4-2/h30-31,33-34H,3-29H2,1-2H3. The van der Waals surface area contributed by atoms with Crippen molar-refractivity contribution in [3.8, 4) is 0 Å². The zero-order chi connectivity index (χ0) is 26.5. The summed E-state index contributed by atoms with van der Waals surface area (Å²) in [5.41, 5.74) is 0. The fourth-order valence-corrected chi connectivity index (χ4v) is 4.96. The van der Waals surface area contributed by atoms with Crippen LogP contribution in [-0.2, 0) is 9.53 Å². The lowest BCUT2D eigenvalue weighted by Crippen LogP contribution is -2.16. The highest BCUT2D eigenvalue weighted by molar-refractivity contribution is 5.69. The van der Waals surface area contributed by atoms with E-state index in [-0.39, 0.29) is 18.5 Å². The Bertz CT molecular complexity index is 440. The molecule has 4 nitrogen and oxygen atoms in total. The zero-order valence-corrected chi connectivity index (χ0v) is 24.5. The number of hydrogen-bond acceptors (Lipinski definition) is 4. The summed E-state index contributed by atoms with van der Waals surface area (Å²) in [6.45, 7) is 4.88. The average molecular weight is 513 g/mol. The number of carbonyl (C=O) groups excluding carboxylic acids is 1. The first-order valence-electron chi connectivity index (χ1n) is 16.1. The van der Waals surface area contributed by atoms with Crippen molar-refractivity contribution in [2.75, 3.05) is 6.61 Å². The van der Waals surface area contributed by atoms with E-state index < -0.39 is 6.10 Å². The third-order valence-electron chi connectivity index (χ3n) is 7.36. The van der Waals surface area contributed by atoms with Crippen LogP contribution in [0.2, 0.25) is 0 Å². The predicted octanol–water partition coefficient (Wildman–Crippen LogP) is 9.43. The molecule has 2 atom stereocenters. The number of rotatable bonds is 29. The summed E-state index contributed by atoms with van der Waals surface area (Å²) in [6.07, 6.45) is 29.7. The van der Waals surface area contributed by atoms with Crippen LogP contribution in [0.15, 0.2) is 0 Å². The molecular weight excluding hydrogens is 448 g/mol. The molecule has 0 heterocycles. The third kappa shape index (κ3) is 28.0. The predicted molar refractivity (Wildman–Crippen MR) is 154 cm³/mol. The highest BCUT2D eigenvalue weighted by Crippen LogP contribution is 2.15. The second kappa shape index (κ2) is 29.0. The SMILES string of the molecule is CCCCCCCCCCCCCCCCCCOC(=O)CC(O)CCCCCCCC(O)CCC. The number of unbranched alkanes of at least 4 members (excludes halogenated alkanes) is 19. The number of aliphatic hydroxyl groups is 2. The molecule has 0 aromatic carbocycles. The van der Waals surface area contributed by atoms with Crippen LogP contribution >= 0.6 is 0 Å². The van der Waals surface area contributed by atoms with Gasteiger partial charge in [-0.1, -0.05) is 149 Å². The van der Waals surface area contributed by atoms with Gasteiger partial charge in [0.15, 0.2) is 0 Å². The van der Waals surface area contributed by atoms with Crippen LogP contribution in [0.1, 0.15) is 181 Å². The van der Waals surface area contributed by atoms with Crippen molar-refractivity contribution in [2.45, 2.75) is 193 Å². The Balaban J connectivity index is 3.30. The molecule has 36 heavy (non-hydrogen) atoms. The Morgan fingerprint density at radius 1 is 0.500 bits per heavy atom. The Labute approximate surface area is 225 Å². The number of carbonyl (C=O) groups is 1. The van der Waals surface area contributed by atoms with E-state index in [0.717, 1.165) is 64.2 Å². The van der Waals surface area contributed by atoms with Crippen molar-refractivity contribution >= 4 is 5.97 Å². The highest BCUT2D eigenvalue weighted by atomic mass is 16.5. The molecule has 0 fully saturated rings. The Morgan fingerprint density at radius 3 is 1.33 bits per heavy atom. The van der Waals surface area contributed by atoms with E-state index in [1.807, 2.05) is 0 Å². The fourth-order valence-electron chi connectivity index (χ4n) is 4.96. The summed E-state index contributed by atoms with van der Waals surface area (Å²) in [6, 6.07) is 0. The molecule has 0 amide bonds. The monoisotopic (exact) mass is 512 g/mol. The molecule has 0 rings (SSSR count). The summed E-state index contributed by atoms with van der Waals surface area (Å²) < 4.78 is 5.31. The van der Waals surface area contributed by atoms with E-state index in [2.05, 4.69) is 13.8 Å². The van der Waals surface area contributed by atoms with Gasteiger partial charge in [-0.3, -0.25) is 4.79 Å². The smallest absolute Gasteiger partial charge is 0.308 e. The maximum atomic E-state index is 11.9. The van der Waals surface area contributed by atoms with E-state index in [1.165, 1.54) is 89.9 Å². The van der Waals surface area contributed by atoms with E-state index in [1.54, 1.807) is 0 Å². The van der Waals surface area contributed by atoms with Crippen molar-refractivity contribution in [2.24, 2.45) is 0 Å². The first-order valence-corrected chi connectivity index (χ1v) is 16.1. The van der Waals surface area contributed by atoms with Gasteiger partial charge in [0.2, 0.25) is 0 Å². The van der Waals surface area contributed by atoms with Crippen LogP contribution in [0.25, 0.3) is 0 Å². The lowest BCUT2D eigenvalue weighted by Gasteiger charge is -2.11. The molecule has 0 aromatic rings. The Kier molecular flexibility index (Phi) is 28.5. The third-order valence-corrected chi connectivity index (χ3v) is 7.36. The summed E-state index contributed by atoms with van der Waals surface area (Å²) >= 11 is 0. The molecule has 0 saturated carbocycles. The van der Waals surface area contributed by atoms with Crippen LogP contribution in [0.3, 0.4) is 0 Å². The van der Waals surface area contributed by atoms with Crippen LogP contribution in [0.4, 0.5) is 0 Å². The molecule has 0 spiro atoms. The van der Waals surface area contributed by atoms with Gasteiger partial charge in [0.1, 0.15) is 0 Å². The first-order chi connectivity index (χ1) is 17.6. The first kappa shape index (κ1) is 35.4. The summed E-state index contributed by atoms with van der Waals surface area (Å²) in [5.74, 6) is -0.256. The molecule has 0 aliphatic carbocycles. The number of hydrogen-bond donors (Lipinski definition) is 2. The minimum Gasteiger partial charge on any atom is -0.466 e. The van der Waals surface area contributed by atoms with Crippen LogP contribution in [-0.4, -0.2) is 35.0 Å². The zero-order valence-electron chi connectivity index (χ0n) is 24.5. The summed E-state index contributed by atoms with van der Waals surface area (Å²) in [7, 11) is 0. The quantitative estimate of drug-likeness (QED) is 0.0773. The number of esters is 1. The van der Waals surface area contributed by atoms with Gasteiger partial charge in [0.25, 0.3) is 0 Å². The number of ether oxygens (including phenoxy) is 1. The molecule has 2 N–H and O–H groups in total. The van der Waals surface area contributed by atoms with E-state index in [9.17, 15) is 15.0 Å². The Hall–Kier alpha value is -0.610. The van der Waals surface area contributed by atoms with Crippen molar-refractivity contribution in [3.63, 3.8) is 0 Å². The maximum Gasteiger partial charge on any atom is 0.308 e. The molecule has 216 valence electrons. The van der Waals surface area contributed by atoms with E-state index in [0.29, 0.717) is 13.0 Å². The molecule has 4 heteroatoms. The van der Waals surface area contributed by atoms with Gasteiger partial charge in [0, 0.05) is 0 Å². The van der Waals surface area contributed by atoms with Gasteiger partial charge in [0.05, 0.1) is 25.2 Å². The fraction of sp³-hybridized carbons (Fsp3) is 0.969. The van der Waals surface area contributed by atoms with Gasteiger partial charge >= 0.3 is 5.97 Å². The minimum atomic E-state index is -0.574. The topological polar surface area (TPSA) is 66.8 Å². The van der Waals surface area contributed by atoms with Crippen LogP contribution in [0.5, 0.6) is 0 Å². The molecule has 0 saturated heterocycles. The second-order valence-corrected chi connectivity index (χ2v) is 11.2. The molecule has 0 radical (unpaired) electrons. The lowest BCUT2D eigenvalue weighted by molar-refractivity contribution is -0.146.